The molecule has 5 nitrogen and oxygen atoms in total. The van der Waals surface area contributed by atoms with Gasteiger partial charge in [0.25, 0.3) is 0 Å². The summed E-state index contributed by atoms with van der Waals surface area (Å²) in [4.78, 5) is 23.6. The average molecular weight is 275 g/mol. The lowest BCUT2D eigenvalue weighted by Crippen LogP contribution is -2.31. The molecule has 0 unspecified atom stereocenters. The highest BCUT2D eigenvalue weighted by atomic mass is 16.2. The summed E-state index contributed by atoms with van der Waals surface area (Å²) in [5.41, 5.74) is 7.65. The third-order valence-corrected chi connectivity index (χ3v) is 3.82. The normalized spacial score (nSPS) is 15.6. The van der Waals surface area contributed by atoms with E-state index in [0.29, 0.717) is 18.7 Å². The van der Waals surface area contributed by atoms with Gasteiger partial charge in [-0.25, -0.2) is 0 Å². The van der Waals surface area contributed by atoms with Crippen LogP contribution in [0, 0.1) is 12.3 Å². The number of hydrogen-bond acceptors (Lipinski definition) is 3. The predicted molar refractivity (Wildman–Crippen MR) is 79.5 cm³/mol. The lowest BCUT2D eigenvalue weighted by Gasteiger charge is -2.15. The number of carbonyl (C=O) groups is 2. The molecule has 1 aliphatic carbocycles. The van der Waals surface area contributed by atoms with Crippen molar-refractivity contribution in [3.05, 3.63) is 23.8 Å². The predicted octanol–water partition coefficient (Wildman–Crippen LogP) is 2.02. The summed E-state index contributed by atoms with van der Waals surface area (Å²) in [5, 5.41) is 5.71. The number of hydrogen-bond donors (Lipinski definition) is 3. The van der Waals surface area contributed by atoms with Crippen LogP contribution >= 0.6 is 0 Å². The Morgan fingerprint density at radius 2 is 2.00 bits per heavy atom. The molecule has 0 radical (unpaired) electrons. The number of rotatable bonds is 5. The zero-order chi connectivity index (χ0) is 14.8. The Kier molecular flexibility index (Phi) is 4.09. The van der Waals surface area contributed by atoms with E-state index in [4.69, 9.17) is 5.73 Å². The molecule has 0 spiro atoms. The van der Waals surface area contributed by atoms with Crippen LogP contribution in [0.1, 0.15) is 31.7 Å². The molecule has 1 aliphatic rings. The molecule has 0 aliphatic heterocycles. The summed E-state index contributed by atoms with van der Waals surface area (Å²) in [6.07, 6.45) is 2.12. The SMILES string of the molecule is CCC(=O)Nc1ccc(C)c(NC(=O)C2(CN)CC2)c1. The molecule has 0 aromatic heterocycles. The topological polar surface area (TPSA) is 84.2 Å². The number of anilines is 2. The van der Waals surface area contributed by atoms with E-state index < -0.39 is 0 Å². The summed E-state index contributed by atoms with van der Waals surface area (Å²) >= 11 is 0. The van der Waals surface area contributed by atoms with Gasteiger partial charge in [-0.3, -0.25) is 9.59 Å². The van der Waals surface area contributed by atoms with Crippen LogP contribution in [0.15, 0.2) is 18.2 Å². The van der Waals surface area contributed by atoms with Crippen LogP contribution in [-0.2, 0) is 9.59 Å². The fourth-order valence-electron chi connectivity index (χ4n) is 2.01. The lowest BCUT2D eigenvalue weighted by molar-refractivity contribution is -0.120. The van der Waals surface area contributed by atoms with Crippen molar-refractivity contribution in [2.45, 2.75) is 33.1 Å². The molecule has 2 rings (SSSR count). The van der Waals surface area contributed by atoms with Crippen LogP contribution in [0.4, 0.5) is 11.4 Å². The van der Waals surface area contributed by atoms with Crippen molar-refractivity contribution < 1.29 is 9.59 Å². The van der Waals surface area contributed by atoms with Crippen molar-refractivity contribution in [1.29, 1.82) is 0 Å². The molecule has 1 aromatic rings. The Morgan fingerprint density at radius 1 is 1.30 bits per heavy atom. The van der Waals surface area contributed by atoms with Crippen LogP contribution in [0.3, 0.4) is 0 Å². The highest BCUT2D eigenvalue weighted by Crippen LogP contribution is 2.45. The first-order valence-electron chi connectivity index (χ1n) is 6.93. The van der Waals surface area contributed by atoms with Gasteiger partial charge in [-0.1, -0.05) is 13.0 Å². The van der Waals surface area contributed by atoms with Crippen molar-refractivity contribution >= 4 is 23.2 Å². The number of nitrogens with two attached hydrogens (primary N) is 1. The van der Waals surface area contributed by atoms with Crippen LogP contribution in [0.25, 0.3) is 0 Å². The minimum Gasteiger partial charge on any atom is -0.329 e. The fourth-order valence-corrected chi connectivity index (χ4v) is 2.01. The Balaban J connectivity index is 2.12. The van der Waals surface area contributed by atoms with Gasteiger partial charge in [0.05, 0.1) is 5.41 Å². The number of aryl methyl sites for hydroxylation is 1. The highest BCUT2D eigenvalue weighted by Gasteiger charge is 2.48. The van der Waals surface area contributed by atoms with Gasteiger partial charge in [0.1, 0.15) is 0 Å². The third-order valence-electron chi connectivity index (χ3n) is 3.82. The molecule has 0 heterocycles. The molecular weight excluding hydrogens is 254 g/mol. The molecule has 1 saturated carbocycles. The number of nitrogens with one attached hydrogen (secondary N) is 2. The van der Waals surface area contributed by atoms with Crippen LogP contribution in [0.5, 0.6) is 0 Å². The first kappa shape index (κ1) is 14.5. The summed E-state index contributed by atoms with van der Waals surface area (Å²) in [7, 11) is 0. The Morgan fingerprint density at radius 3 is 2.55 bits per heavy atom. The second kappa shape index (κ2) is 5.63. The Hall–Kier alpha value is -1.88. The van der Waals surface area contributed by atoms with Crippen molar-refractivity contribution in [3.8, 4) is 0 Å². The average Bonchev–Trinajstić information content (AvgIpc) is 3.23. The first-order valence-corrected chi connectivity index (χ1v) is 6.93. The van der Waals surface area contributed by atoms with Crippen LogP contribution in [0.2, 0.25) is 0 Å². The minimum absolute atomic E-state index is 0.0259. The molecule has 0 atom stereocenters. The van der Waals surface area contributed by atoms with Gasteiger partial charge in [0, 0.05) is 24.3 Å². The third kappa shape index (κ3) is 2.99. The van der Waals surface area contributed by atoms with E-state index in [9.17, 15) is 9.59 Å². The lowest BCUT2D eigenvalue weighted by atomic mass is 10.1. The van der Waals surface area contributed by atoms with Crippen molar-refractivity contribution in [2.75, 3.05) is 17.2 Å². The summed E-state index contributed by atoms with van der Waals surface area (Å²) in [6.45, 7) is 4.09. The molecule has 5 heteroatoms. The largest absolute Gasteiger partial charge is 0.329 e. The molecule has 20 heavy (non-hydrogen) atoms. The van der Waals surface area contributed by atoms with Gasteiger partial charge < -0.3 is 16.4 Å². The summed E-state index contributed by atoms with van der Waals surface area (Å²) < 4.78 is 0. The van der Waals surface area contributed by atoms with Crippen molar-refractivity contribution in [1.82, 2.24) is 0 Å². The van der Waals surface area contributed by atoms with Crippen LogP contribution < -0.4 is 16.4 Å². The van der Waals surface area contributed by atoms with E-state index in [2.05, 4.69) is 10.6 Å². The van der Waals surface area contributed by atoms with Gasteiger partial charge in [0.15, 0.2) is 0 Å². The molecule has 1 aromatic carbocycles. The van der Waals surface area contributed by atoms with Gasteiger partial charge >= 0.3 is 0 Å². The van der Waals surface area contributed by atoms with Crippen molar-refractivity contribution in [3.63, 3.8) is 0 Å². The van der Waals surface area contributed by atoms with E-state index >= 15 is 0 Å². The zero-order valence-corrected chi connectivity index (χ0v) is 12.0. The maximum Gasteiger partial charge on any atom is 0.231 e. The van der Waals surface area contributed by atoms with E-state index in [1.165, 1.54) is 0 Å². The molecule has 1 fully saturated rings. The first-order chi connectivity index (χ1) is 9.50. The van der Waals surface area contributed by atoms with Gasteiger partial charge in [-0.15, -0.1) is 0 Å². The molecule has 0 bridgehead atoms. The minimum atomic E-state index is -0.380. The van der Waals surface area contributed by atoms with Crippen LogP contribution in [-0.4, -0.2) is 18.4 Å². The number of benzene rings is 1. The molecule has 2 amide bonds. The Bertz CT molecular complexity index is 536. The zero-order valence-electron chi connectivity index (χ0n) is 12.0. The number of carbonyl (C=O) groups excluding carboxylic acids is 2. The monoisotopic (exact) mass is 275 g/mol. The maximum absolute atomic E-state index is 12.2. The smallest absolute Gasteiger partial charge is 0.231 e. The molecule has 108 valence electrons. The Labute approximate surface area is 118 Å². The second-order valence-electron chi connectivity index (χ2n) is 5.37. The van der Waals surface area contributed by atoms with E-state index in [-0.39, 0.29) is 17.2 Å². The summed E-state index contributed by atoms with van der Waals surface area (Å²) in [5.74, 6) is -0.0752. The fraction of sp³-hybridized carbons (Fsp3) is 0.467. The van der Waals surface area contributed by atoms with Gasteiger partial charge in [-0.2, -0.15) is 0 Å². The van der Waals surface area contributed by atoms with E-state index in [1.807, 2.05) is 19.1 Å². The van der Waals surface area contributed by atoms with Crippen molar-refractivity contribution in [2.24, 2.45) is 11.1 Å². The second-order valence-corrected chi connectivity index (χ2v) is 5.37. The standard InChI is InChI=1S/C15H21N3O2/c1-3-13(19)17-11-5-4-10(2)12(8-11)18-14(20)15(9-16)6-7-15/h4-5,8H,3,6-7,9,16H2,1-2H3,(H,17,19)(H,18,20). The number of amides is 2. The van der Waals surface area contributed by atoms with E-state index in [0.717, 1.165) is 24.1 Å². The van der Waals surface area contributed by atoms with Gasteiger partial charge in [-0.05, 0) is 37.5 Å². The van der Waals surface area contributed by atoms with Gasteiger partial charge in [0.2, 0.25) is 11.8 Å². The molecular formula is C15H21N3O2. The quantitative estimate of drug-likeness (QED) is 0.768. The highest BCUT2D eigenvalue weighted by molar-refractivity contribution is 5.99. The maximum atomic E-state index is 12.2. The van der Waals surface area contributed by atoms with E-state index in [1.54, 1.807) is 13.0 Å². The summed E-state index contributed by atoms with van der Waals surface area (Å²) in [6, 6.07) is 5.49. The molecule has 0 saturated heterocycles. The molecule has 4 N–H and O–H groups in total.